The zero-order valence-electron chi connectivity index (χ0n) is 10.3. The van der Waals surface area contributed by atoms with Crippen molar-refractivity contribution in [1.29, 1.82) is 0 Å². The zero-order valence-corrected chi connectivity index (χ0v) is 14.0. The Morgan fingerprint density at radius 3 is 2.48 bits per heavy atom. The molecule has 0 atom stereocenters. The van der Waals surface area contributed by atoms with Crippen LogP contribution in [-0.4, -0.2) is 29.9 Å². The van der Waals surface area contributed by atoms with E-state index < -0.39 is 0 Å². The average Bonchev–Trinajstić information content (AvgIpc) is 3.06. The minimum Gasteiger partial charge on any atom is -0.345 e. The first kappa shape index (κ1) is 14.5. The summed E-state index contributed by atoms with van der Waals surface area (Å²) < 4.78 is 1.03. The fourth-order valence-electron chi connectivity index (χ4n) is 1.65. The molecule has 4 aromatic rings. The van der Waals surface area contributed by atoms with Crippen molar-refractivity contribution in [2.75, 3.05) is 0 Å². The van der Waals surface area contributed by atoms with Crippen molar-refractivity contribution in [1.82, 2.24) is 29.9 Å². The number of H-pyrrole nitrogens is 2. The Balaban J connectivity index is 0.000000126. The molecule has 6 nitrogen and oxygen atoms in total. The first-order valence-electron chi connectivity index (χ1n) is 5.74. The van der Waals surface area contributed by atoms with Gasteiger partial charge in [0.2, 0.25) is 0 Å². The lowest BCUT2D eigenvalue weighted by molar-refractivity contribution is 1.26. The van der Waals surface area contributed by atoms with Crippen molar-refractivity contribution in [3.8, 4) is 0 Å². The quantitative estimate of drug-likeness (QED) is 0.413. The van der Waals surface area contributed by atoms with E-state index in [2.05, 4.69) is 52.5 Å². The van der Waals surface area contributed by atoms with Crippen LogP contribution in [0.1, 0.15) is 0 Å². The monoisotopic (exact) mass is 432 g/mol. The number of nitrogens with zero attached hydrogens (tertiary/aromatic N) is 4. The van der Waals surface area contributed by atoms with Gasteiger partial charge in [-0.15, -0.1) is 0 Å². The lowest BCUT2D eigenvalue weighted by Gasteiger charge is -1.88. The topological polar surface area (TPSA) is 83.1 Å². The van der Waals surface area contributed by atoms with Crippen LogP contribution in [0.25, 0.3) is 22.3 Å². The number of hydrogen-bond acceptors (Lipinski definition) is 4. The fraction of sp³-hybridized carbons (Fsp3) is 0. The summed E-state index contributed by atoms with van der Waals surface area (Å²) in [6.45, 7) is 0. The van der Waals surface area contributed by atoms with E-state index in [4.69, 9.17) is 23.2 Å². The Hall–Kier alpha value is -1.45. The Kier molecular flexibility index (Phi) is 4.22. The SMILES string of the molecule is Clc1cnc2[nH]cc(I)c2n1.Clc1cnc2[nH]ccc2n1. The molecule has 0 saturated carbocycles. The molecule has 0 saturated heterocycles. The molecule has 0 bridgehead atoms. The molecule has 4 heterocycles. The zero-order chi connectivity index (χ0) is 14.8. The summed E-state index contributed by atoms with van der Waals surface area (Å²) in [5, 5.41) is 0.849. The number of aromatic amines is 2. The smallest absolute Gasteiger partial charge is 0.157 e. The average molecular weight is 433 g/mol. The molecule has 106 valence electrons. The van der Waals surface area contributed by atoms with Gasteiger partial charge in [0.1, 0.15) is 21.3 Å². The highest BCUT2D eigenvalue weighted by atomic mass is 127. The number of nitrogens with one attached hydrogen (secondary N) is 2. The predicted octanol–water partition coefficient (Wildman–Crippen LogP) is 3.83. The fourth-order valence-corrected chi connectivity index (χ4v) is 2.45. The van der Waals surface area contributed by atoms with E-state index >= 15 is 0 Å². The van der Waals surface area contributed by atoms with Crippen molar-refractivity contribution in [3.63, 3.8) is 0 Å². The highest BCUT2D eigenvalue weighted by molar-refractivity contribution is 14.1. The largest absolute Gasteiger partial charge is 0.345 e. The Morgan fingerprint density at radius 2 is 1.67 bits per heavy atom. The molecular formula is C12H7Cl2IN6. The summed E-state index contributed by atoms with van der Waals surface area (Å²) in [6, 6.07) is 1.83. The van der Waals surface area contributed by atoms with Crippen LogP contribution in [0, 0.1) is 3.57 Å². The van der Waals surface area contributed by atoms with Gasteiger partial charge in [-0.05, 0) is 28.7 Å². The molecule has 4 rings (SSSR count). The van der Waals surface area contributed by atoms with Gasteiger partial charge in [0.15, 0.2) is 11.3 Å². The van der Waals surface area contributed by atoms with E-state index in [-0.39, 0.29) is 0 Å². The molecule has 21 heavy (non-hydrogen) atoms. The molecule has 0 aliphatic heterocycles. The van der Waals surface area contributed by atoms with E-state index in [0.717, 1.165) is 25.9 Å². The van der Waals surface area contributed by atoms with Crippen molar-refractivity contribution in [2.45, 2.75) is 0 Å². The third-order valence-corrected chi connectivity index (χ3v) is 3.72. The van der Waals surface area contributed by atoms with Gasteiger partial charge in [0.05, 0.1) is 16.0 Å². The van der Waals surface area contributed by atoms with Crippen molar-refractivity contribution < 1.29 is 0 Å². The normalized spacial score (nSPS) is 10.6. The molecule has 0 aliphatic carbocycles. The predicted molar refractivity (Wildman–Crippen MR) is 90.5 cm³/mol. The van der Waals surface area contributed by atoms with Gasteiger partial charge >= 0.3 is 0 Å². The number of aromatic nitrogens is 6. The number of rotatable bonds is 0. The second-order valence-corrected chi connectivity index (χ2v) is 5.87. The molecule has 4 aromatic heterocycles. The molecule has 0 aliphatic rings. The highest BCUT2D eigenvalue weighted by Crippen LogP contribution is 2.17. The van der Waals surface area contributed by atoms with Gasteiger partial charge < -0.3 is 9.97 Å². The summed E-state index contributed by atoms with van der Waals surface area (Å²) in [5.74, 6) is 0. The Bertz CT molecular complexity index is 903. The van der Waals surface area contributed by atoms with Gasteiger partial charge in [-0.2, -0.15) is 0 Å². The molecule has 2 N–H and O–H groups in total. The van der Waals surface area contributed by atoms with Crippen molar-refractivity contribution in [3.05, 3.63) is 44.7 Å². The molecule has 0 unspecified atom stereocenters. The number of hydrogen-bond donors (Lipinski definition) is 2. The maximum Gasteiger partial charge on any atom is 0.157 e. The highest BCUT2D eigenvalue weighted by Gasteiger charge is 2.02. The standard InChI is InChI=1S/C6H3ClIN3.C6H4ClN3/c7-4-2-10-6-5(11-4)3(8)1-9-6;7-5-3-9-6-4(10-5)1-2-8-6/h1-2H,(H,9,10);1-3H,(H,8,9). The summed E-state index contributed by atoms with van der Waals surface area (Å²) in [5.41, 5.74) is 3.17. The lowest BCUT2D eigenvalue weighted by atomic mass is 10.5. The molecule has 0 spiro atoms. The number of halogens is 3. The van der Waals surface area contributed by atoms with Crippen LogP contribution >= 0.6 is 45.8 Å². The second kappa shape index (κ2) is 6.12. The van der Waals surface area contributed by atoms with Crippen molar-refractivity contribution >= 4 is 68.1 Å². The van der Waals surface area contributed by atoms with E-state index in [1.54, 1.807) is 6.20 Å². The summed E-state index contributed by atoms with van der Waals surface area (Å²) in [4.78, 5) is 22.0. The minimum absolute atomic E-state index is 0.423. The van der Waals surface area contributed by atoms with E-state index in [0.29, 0.717) is 10.3 Å². The maximum atomic E-state index is 5.66. The van der Waals surface area contributed by atoms with Gasteiger partial charge in [-0.1, -0.05) is 23.2 Å². The van der Waals surface area contributed by atoms with Crippen LogP contribution in [0.3, 0.4) is 0 Å². The third-order valence-electron chi connectivity index (χ3n) is 2.54. The van der Waals surface area contributed by atoms with Crippen LogP contribution in [0.2, 0.25) is 10.3 Å². The van der Waals surface area contributed by atoms with Gasteiger partial charge in [0, 0.05) is 12.4 Å². The summed E-state index contributed by atoms with van der Waals surface area (Å²) >= 11 is 13.4. The molecule has 0 aromatic carbocycles. The molecule has 9 heteroatoms. The molecule has 0 radical (unpaired) electrons. The molecule has 0 fully saturated rings. The Labute approximate surface area is 142 Å². The first-order chi connectivity index (χ1) is 10.1. The van der Waals surface area contributed by atoms with Gasteiger partial charge in [0.25, 0.3) is 0 Å². The Morgan fingerprint density at radius 1 is 0.952 bits per heavy atom. The van der Waals surface area contributed by atoms with Crippen molar-refractivity contribution in [2.24, 2.45) is 0 Å². The summed E-state index contributed by atoms with van der Waals surface area (Å²) in [6.07, 6.45) is 6.67. The van der Waals surface area contributed by atoms with Crippen LogP contribution < -0.4 is 0 Å². The minimum atomic E-state index is 0.423. The molecule has 0 amide bonds. The van der Waals surface area contributed by atoms with Crippen LogP contribution in [0.15, 0.2) is 30.9 Å². The van der Waals surface area contributed by atoms with Gasteiger partial charge in [-0.25, -0.2) is 19.9 Å². The van der Waals surface area contributed by atoms with E-state index in [9.17, 15) is 0 Å². The van der Waals surface area contributed by atoms with E-state index in [1.165, 1.54) is 12.4 Å². The van der Waals surface area contributed by atoms with Crippen LogP contribution in [-0.2, 0) is 0 Å². The summed E-state index contributed by atoms with van der Waals surface area (Å²) in [7, 11) is 0. The maximum absolute atomic E-state index is 5.66. The lowest BCUT2D eigenvalue weighted by Crippen LogP contribution is -1.81. The second-order valence-electron chi connectivity index (χ2n) is 3.93. The van der Waals surface area contributed by atoms with E-state index in [1.807, 2.05) is 12.3 Å². The third kappa shape index (κ3) is 3.25. The first-order valence-corrected chi connectivity index (χ1v) is 7.58. The number of fused-ring (bicyclic) bond motifs is 2. The van der Waals surface area contributed by atoms with Crippen LogP contribution in [0.4, 0.5) is 0 Å². The van der Waals surface area contributed by atoms with Crippen LogP contribution in [0.5, 0.6) is 0 Å². The van der Waals surface area contributed by atoms with Gasteiger partial charge in [-0.3, -0.25) is 0 Å². The molecular weight excluding hydrogens is 426 g/mol.